The van der Waals surface area contributed by atoms with Crippen molar-refractivity contribution in [1.29, 1.82) is 5.26 Å². The number of carbonyl (C=O) groups is 1. The Bertz CT molecular complexity index is 1280. The lowest BCUT2D eigenvalue weighted by molar-refractivity contribution is -0.137. The van der Waals surface area contributed by atoms with Gasteiger partial charge in [0.25, 0.3) is 0 Å². The van der Waals surface area contributed by atoms with E-state index in [9.17, 15) is 23.2 Å². The van der Waals surface area contributed by atoms with Crippen molar-refractivity contribution >= 4 is 33.5 Å². The monoisotopic (exact) mass is 533 g/mol. The van der Waals surface area contributed by atoms with Crippen LogP contribution in [0.5, 0.6) is 0 Å². The number of aldehydes is 1. The molecular weight excluding hydrogens is 515 g/mol. The largest absolute Gasteiger partial charge is 0.621 e. The van der Waals surface area contributed by atoms with E-state index in [1.807, 2.05) is 6.07 Å². The Morgan fingerprint density at radius 3 is 2.53 bits per heavy atom. The molecule has 2 aromatic carbocycles. The number of hydroxylamine groups is 2. The first-order valence-electron chi connectivity index (χ1n) is 9.89. The second kappa shape index (κ2) is 9.90. The molecule has 0 saturated heterocycles. The Morgan fingerprint density at radius 1 is 1.29 bits per heavy atom. The number of hydrogen-bond donors (Lipinski definition) is 1. The first kappa shape index (κ1) is 25.3. The van der Waals surface area contributed by atoms with E-state index >= 15 is 0 Å². The molecule has 34 heavy (non-hydrogen) atoms. The SMILES string of the molecule is CNC[N+]([O-])(/C(C)=C(\C=O)c1c(Br)cnn1-c1ccc(C#N)cc1)c1cccc(C(F)(F)F)c1. The van der Waals surface area contributed by atoms with Gasteiger partial charge in [0.1, 0.15) is 18.1 Å². The number of quaternary nitrogens is 1. The van der Waals surface area contributed by atoms with Crippen LogP contribution in [0.4, 0.5) is 18.9 Å². The third-order valence-electron chi connectivity index (χ3n) is 5.24. The predicted octanol–water partition coefficient (Wildman–Crippen LogP) is 5.14. The standard InChI is InChI=1S/C23H19BrF3N5O2/c1-15(32(34,14-29-2)19-5-3-4-17(10-19)23(25,26)27)20(13-33)22-21(24)12-30-31(22)18-8-6-16(11-28)7-9-18/h3-10,12-13,29H,14H2,1-2H3/b20-15+. The Hall–Kier alpha value is -3.30. The summed E-state index contributed by atoms with van der Waals surface area (Å²) in [6.45, 7) is 1.07. The average Bonchev–Trinajstić information content (AvgIpc) is 3.20. The molecule has 0 amide bonds. The Labute approximate surface area is 202 Å². The van der Waals surface area contributed by atoms with Gasteiger partial charge in [-0.3, -0.25) is 14.8 Å². The number of halogens is 4. The number of nitriles is 1. The Morgan fingerprint density at radius 2 is 1.97 bits per heavy atom. The lowest BCUT2D eigenvalue weighted by Gasteiger charge is -2.42. The van der Waals surface area contributed by atoms with Crippen LogP contribution in [-0.2, 0) is 11.0 Å². The van der Waals surface area contributed by atoms with Gasteiger partial charge in [0.2, 0.25) is 0 Å². The fourth-order valence-electron chi connectivity index (χ4n) is 3.48. The zero-order valence-corrected chi connectivity index (χ0v) is 19.7. The molecule has 0 aliphatic rings. The maximum absolute atomic E-state index is 14.0. The minimum Gasteiger partial charge on any atom is -0.621 e. The molecule has 3 rings (SSSR count). The van der Waals surface area contributed by atoms with Crippen molar-refractivity contribution < 1.29 is 18.0 Å². The third kappa shape index (κ3) is 4.80. The van der Waals surface area contributed by atoms with Crippen molar-refractivity contribution in [2.24, 2.45) is 0 Å². The summed E-state index contributed by atoms with van der Waals surface area (Å²) in [5.41, 5.74) is -0.0590. The summed E-state index contributed by atoms with van der Waals surface area (Å²) in [5, 5.41) is 30.0. The second-order valence-corrected chi connectivity index (χ2v) is 8.18. The van der Waals surface area contributed by atoms with E-state index in [4.69, 9.17) is 5.26 Å². The van der Waals surface area contributed by atoms with Crippen LogP contribution in [0.2, 0.25) is 0 Å². The van der Waals surface area contributed by atoms with Gasteiger partial charge >= 0.3 is 6.18 Å². The summed E-state index contributed by atoms with van der Waals surface area (Å²) in [6, 6.07) is 12.5. The first-order chi connectivity index (χ1) is 16.1. The smallest absolute Gasteiger partial charge is 0.416 e. The van der Waals surface area contributed by atoms with Gasteiger partial charge in [-0.05, 0) is 59.4 Å². The summed E-state index contributed by atoms with van der Waals surface area (Å²) in [5.74, 6) is 0. The number of benzene rings is 2. The molecule has 0 spiro atoms. The molecule has 0 fully saturated rings. The normalized spacial score (nSPS) is 14.2. The number of rotatable bonds is 7. The molecule has 7 nitrogen and oxygen atoms in total. The number of nitrogens with zero attached hydrogens (tertiary/aromatic N) is 4. The van der Waals surface area contributed by atoms with Gasteiger partial charge < -0.3 is 5.21 Å². The third-order valence-corrected chi connectivity index (χ3v) is 5.82. The summed E-state index contributed by atoms with van der Waals surface area (Å²) >= 11 is 3.35. The summed E-state index contributed by atoms with van der Waals surface area (Å²) in [6.07, 6.45) is -2.72. The maximum atomic E-state index is 14.0. The van der Waals surface area contributed by atoms with Crippen LogP contribution < -0.4 is 9.96 Å². The van der Waals surface area contributed by atoms with Crippen molar-refractivity contribution in [3.63, 3.8) is 0 Å². The van der Waals surface area contributed by atoms with Crippen LogP contribution in [-0.4, -0.2) is 29.8 Å². The Kier molecular flexibility index (Phi) is 7.38. The van der Waals surface area contributed by atoms with Crippen LogP contribution in [0.3, 0.4) is 0 Å². The molecule has 1 atom stereocenters. The number of hydrogen-bond acceptors (Lipinski definition) is 5. The highest BCUT2D eigenvalue weighted by Gasteiger charge is 2.34. The highest BCUT2D eigenvalue weighted by atomic mass is 79.9. The van der Waals surface area contributed by atoms with Gasteiger partial charge in [0, 0.05) is 13.0 Å². The molecule has 176 valence electrons. The van der Waals surface area contributed by atoms with Crippen LogP contribution in [0.25, 0.3) is 11.3 Å². The van der Waals surface area contributed by atoms with E-state index in [1.54, 1.807) is 24.3 Å². The lowest BCUT2D eigenvalue weighted by Crippen LogP contribution is -2.47. The molecule has 1 heterocycles. The molecule has 0 aliphatic heterocycles. The van der Waals surface area contributed by atoms with Crippen LogP contribution in [0.15, 0.2) is 64.9 Å². The van der Waals surface area contributed by atoms with E-state index < -0.39 is 16.4 Å². The van der Waals surface area contributed by atoms with Crippen molar-refractivity contribution in [3.8, 4) is 11.8 Å². The van der Waals surface area contributed by atoms with Crippen molar-refractivity contribution in [2.45, 2.75) is 13.1 Å². The zero-order chi connectivity index (χ0) is 25.1. The Balaban J connectivity index is 2.24. The molecule has 11 heteroatoms. The number of alkyl halides is 3. The van der Waals surface area contributed by atoms with Crippen molar-refractivity contribution in [1.82, 2.24) is 19.7 Å². The molecule has 0 bridgehead atoms. The predicted molar refractivity (Wildman–Crippen MR) is 125 cm³/mol. The molecule has 1 N–H and O–H groups in total. The summed E-state index contributed by atoms with van der Waals surface area (Å²) < 4.78 is 40.4. The molecule has 0 aliphatic carbocycles. The van der Waals surface area contributed by atoms with E-state index in [2.05, 4.69) is 26.3 Å². The quantitative estimate of drug-likeness (QED) is 0.149. The molecule has 0 radical (unpaired) electrons. The van der Waals surface area contributed by atoms with Crippen LogP contribution in [0.1, 0.15) is 23.7 Å². The minimum atomic E-state index is -4.64. The van der Waals surface area contributed by atoms with E-state index in [0.717, 1.165) is 18.2 Å². The zero-order valence-electron chi connectivity index (χ0n) is 18.1. The van der Waals surface area contributed by atoms with E-state index in [0.29, 0.717) is 22.0 Å². The van der Waals surface area contributed by atoms with Crippen molar-refractivity contribution in [3.05, 3.63) is 86.9 Å². The van der Waals surface area contributed by atoms with E-state index in [-0.39, 0.29) is 29.3 Å². The van der Waals surface area contributed by atoms with Gasteiger partial charge in [-0.25, -0.2) is 4.68 Å². The van der Waals surface area contributed by atoms with Crippen LogP contribution >= 0.6 is 15.9 Å². The number of aromatic nitrogens is 2. The summed E-state index contributed by atoms with van der Waals surface area (Å²) in [7, 11) is 1.49. The molecule has 0 saturated carbocycles. The highest BCUT2D eigenvalue weighted by Crippen LogP contribution is 2.38. The second-order valence-electron chi connectivity index (χ2n) is 7.33. The number of allylic oxidation sites excluding steroid dienone is 2. The van der Waals surface area contributed by atoms with Crippen molar-refractivity contribution in [2.75, 3.05) is 13.7 Å². The molecule has 3 aromatic rings. The molecule has 1 unspecified atom stereocenters. The van der Waals surface area contributed by atoms with E-state index in [1.165, 1.54) is 30.9 Å². The average molecular weight is 534 g/mol. The van der Waals surface area contributed by atoms with Gasteiger partial charge in [-0.15, -0.1) is 0 Å². The van der Waals surface area contributed by atoms with Gasteiger partial charge in [0.05, 0.1) is 44.8 Å². The summed E-state index contributed by atoms with van der Waals surface area (Å²) in [4.78, 5) is 12.3. The van der Waals surface area contributed by atoms with Gasteiger partial charge in [0.15, 0.2) is 6.29 Å². The minimum absolute atomic E-state index is 0.0419. The number of nitrogens with one attached hydrogen (secondary N) is 1. The van der Waals surface area contributed by atoms with Crippen LogP contribution in [0, 0.1) is 16.5 Å². The van der Waals surface area contributed by atoms with Gasteiger partial charge in [-0.1, -0.05) is 6.07 Å². The molecular formula is C23H19BrF3N5O2. The topological polar surface area (TPSA) is 93.8 Å². The first-order valence-corrected chi connectivity index (χ1v) is 10.7. The lowest BCUT2D eigenvalue weighted by atomic mass is 10.1. The fourth-order valence-corrected chi connectivity index (χ4v) is 3.96. The molecule has 1 aromatic heterocycles. The fraction of sp³-hybridized carbons (Fsp3) is 0.174. The van der Waals surface area contributed by atoms with Gasteiger partial charge in [-0.2, -0.15) is 23.5 Å². The maximum Gasteiger partial charge on any atom is 0.416 e. The number of carbonyl (C=O) groups excluding carboxylic acids is 1. The highest BCUT2D eigenvalue weighted by molar-refractivity contribution is 9.10.